The zero-order valence-electron chi connectivity index (χ0n) is 14.2. The molecule has 2 saturated heterocycles. The summed E-state index contributed by atoms with van der Waals surface area (Å²) < 4.78 is 15.3. The molecular weight excluding hydrogens is 374 g/mol. The monoisotopic (exact) mass is 397 g/mol. The molecule has 2 rings (SSSR count). The van der Waals surface area contributed by atoms with E-state index >= 15 is 0 Å². The minimum Gasteiger partial charge on any atom is -0.479 e. The molecule has 8 N–H and O–H groups in total. The number of carboxylic acid groups (broad SMARTS) is 1. The summed E-state index contributed by atoms with van der Waals surface area (Å²) in [5.74, 6) is -2.27. The van der Waals surface area contributed by atoms with Crippen LogP contribution in [0.3, 0.4) is 0 Å². The van der Waals surface area contributed by atoms with Gasteiger partial charge < -0.3 is 55.3 Å². The smallest absolute Gasteiger partial charge is 0.335 e. The average Bonchev–Trinajstić information content (AvgIpc) is 2.60. The lowest BCUT2D eigenvalue weighted by atomic mass is 9.95. The SMILES string of the molecule is CC(=O)N[C@@H]1[C@@H](O[C@@H]2O[C@@H](C(=O)O)[C@@H](O)[C@H](O)[C@H]2O)[C@@H](O)[C@@H](CO)O[C@H]1O. The van der Waals surface area contributed by atoms with E-state index in [0.29, 0.717) is 0 Å². The van der Waals surface area contributed by atoms with Gasteiger partial charge in [0, 0.05) is 6.92 Å². The number of amides is 1. The van der Waals surface area contributed by atoms with Gasteiger partial charge >= 0.3 is 5.97 Å². The maximum Gasteiger partial charge on any atom is 0.335 e. The van der Waals surface area contributed by atoms with Crippen molar-refractivity contribution in [1.29, 1.82) is 0 Å². The first kappa shape index (κ1) is 21.9. The van der Waals surface area contributed by atoms with Crippen molar-refractivity contribution < 1.29 is 59.5 Å². The number of carbonyl (C=O) groups is 2. The van der Waals surface area contributed by atoms with Gasteiger partial charge in [-0.3, -0.25) is 4.79 Å². The fourth-order valence-corrected chi connectivity index (χ4v) is 2.95. The first-order valence-electron chi connectivity index (χ1n) is 8.06. The zero-order chi connectivity index (χ0) is 20.5. The fraction of sp³-hybridized carbons (Fsp3) is 0.857. The standard InChI is InChI=1S/C14H23NO12/c1-3(17)15-5-10(6(18)4(2-16)25-13(5)24)26-14-9(21)7(19)8(20)11(27-14)12(22)23/h4-11,13-14,16,18-21,24H,2H2,1H3,(H,15,17)(H,22,23)/t4-,5-,6+,7+,8+,9-,10-,11-,13-,14-/m1/s1. The predicted octanol–water partition coefficient (Wildman–Crippen LogP) is -5.16. The maximum absolute atomic E-state index is 11.4. The molecule has 0 aromatic heterocycles. The van der Waals surface area contributed by atoms with Crippen LogP contribution in [0.15, 0.2) is 0 Å². The second-order valence-corrected chi connectivity index (χ2v) is 6.30. The van der Waals surface area contributed by atoms with Gasteiger partial charge in [-0.15, -0.1) is 0 Å². The van der Waals surface area contributed by atoms with Crippen LogP contribution in [0.25, 0.3) is 0 Å². The molecule has 13 heteroatoms. The first-order valence-corrected chi connectivity index (χ1v) is 8.06. The molecule has 27 heavy (non-hydrogen) atoms. The molecule has 0 aromatic rings. The minimum atomic E-state index is -1.95. The highest BCUT2D eigenvalue weighted by Gasteiger charge is 2.52. The number of rotatable bonds is 5. The minimum absolute atomic E-state index is 0.630. The average molecular weight is 397 g/mol. The molecule has 1 amide bonds. The molecule has 2 fully saturated rings. The summed E-state index contributed by atoms with van der Waals surface area (Å²) >= 11 is 0. The Morgan fingerprint density at radius 3 is 2.15 bits per heavy atom. The molecule has 0 spiro atoms. The van der Waals surface area contributed by atoms with E-state index < -0.39 is 79.8 Å². The van der Waals surface area contributed by atoms with Crippen molar-refractivity contribution in [3.63, 3.8) is 0 Å². The molecule has 2 heterocycles. The third-order valence-corrected chi connectivity index (χ3v) is 4.35. The quantitative estimate of drug-likeness (QED) is 0.218. The summed E-state index contributed by atoms with van der Waals surface area (Å²) in [6, 6.07) is -1.37. The summed E-state index contributed by atoms with van der Waals surface area (Å²) in [6.07, 6.45) is -15.8. The van der Waals surface area contributed by atoms with Crippen molar-refractivity contribution in [3.05, 3.63) is 0 Å². The number of carboxylic acids is 1. The molecule has 0 saturated carbocycles. The van der Waals surface area contributed by atoms with E-state index in [1.54, 1.807) is 0 Å². The molecule has 2 aliphatic heterocycles. The lowest BCUT2D eigenvalue weighted by molar-refractivity contribution is -0.336. The van der Waals surface area contributed by atoms with Crippen LogP contribution in [0.2, 0.25) is 0 Å². The number of carbonyl (C=O) groups excluding carboxylic acids is 1. The van der Waals surface area contributed by atoms with Gasteiger partial charge in [-0.1, -0.05) is 0 Å². The molecule has 0 aromatic carbocycles. The van der Waals surface area contributed by atoms with Crippen molar-refractivity contribution >= 4 is 11.9 Å². The zero-order valence-corrected chi connectivity index (χ0v) is 14.2. The largest absolute Gasteiger partial charge is 0.479 e. The van der Waals surface area contributed by atoms with Crippen molar-refractivity contribution in [1.82, 2.24) is 5.32 Å². The van der Waals surface area contributed by atoms with Gasteiger partial charge in [-0.05, 0) is 0 Å². The van der Waals surface area contributed by atoms with E-state index in [2.05, 4.69) is 5.32 Å². The molecule has 0 radical (unpaired) electrons. The Morgan fingerprint density at radius 1 is 1.00 bits per heavy atom. The van der Waals surface area contributed by atoms with Gasteiger partial charge in [0.2, 0.25) is 5.91 Å². The van der Waals surface area contributed by atoms with Crippen LogP contribution in [-0.2, 0) is 23.8 Å². The fourth-order valence-electron chi connectivity index (χ4n) is 2.95. The number of aliphatic hydroxyl groups is 6. The Labute approximate surface area is 152 Å². The molecule has 0 unspecified atom stereocenters. The molecule has 2 aliphatic rings. The van der Waals surface area contributed by atoms with E-state index in [0.717, 1.165) is 6.92 Å². The van der Waals surface area contributed by atoms with Crippen LogP contribution in [0.5, 0.6) is 0 Å². The van der Waals surface area contributed by atoms with E-state index in [4.69, 9.17) is 19.3 Å². The van der Waals surface area contributed by atoms with E-state index in [1.165, 1.54) is 0 Å². The van der Waals surface area contributed by atoms with Crippen molar-refractivity contribution in [2.24, 2.45) is 0 Å². The van der Waals surface area contributed by atoms with Gasteiger partial charge in [-0.25, -0.2) is 4.79 Å². The molecule has 0 aliphatic carbocycles. The number of hydrogen-bond acceptors (Lipinski definition) is 11. The van der Waals surface area contributed by atoms with Crippen LogP contribution in [0, 0.1) is 0 Å². The van der Waals surface area contributed by atoms with Gasteiger partial charge in [-0.2, -0.15) is 0 Å². The second kappa shape index (κ2) is 8.72. The Hall–Kier alpha value is -1.42. The summed E-state index contributed by atoms with van der Waals surface area (Å²) in [6.45, 7) is 0.388. The summed E-state index contributed by atoms with van der Waals surface area (Å²) in [4.78, 5) is 22.5. The van der Waals surface area contributed by atoms with E-state index in [1.807, 2.05) is 0 Å². The summed E-state index contributed by atoms with van der Waals surface area (Å²) in [7, 11) is 0. The van der Waals surface area contributed by atoms with Gasteiger partial charge in [0.25, 0.3) is 0 Å². The highest BCUT2D eigenvalue weighted by atomic mass is 16.7. The van der Waals surface area contributed by atoms with Crippen molar-refractivity contribution in [2.45, 2.75) is 68.3 Å². The molecular formula is C14H23NO12. The van der Waals surface area contributed by atoms with Crippen molar-refractivity contribution in [2.75, 3.05) is 6.61 Å². The number of hydrogen-bond donors (Lipinski definition) is 8. The Balaban J connectivity index is 2.25. The Bertz CT molecular complexity index is 546. The topological polar surface area (TPSA) is 215 Å². The highest BCUT2D eigenvalue weighted by molar-refractivity contribution is 5.73. The summed E-state index contributed by atoms with van der Waals surface area (Å²) in [5.41, 5.74) is 0. The van der Waals surface area contributed by atoms with Crippen LogP contribution in [0.1, 0.15) is 6.92 Å². The molecule has 0 bridgehead atoms. The molecule has 10 atom stereocenters. The number of aliphatic hydroxyl groups excluding tert-OH is 6. The lowest BCUT2D eigenvalue weighted by Gasteiger charge is -2.46. The Morgan fingerprint density at radius 2 is 1.63 bits per heavy atom. The Kier molecular flexibility index (Phi) is 7.07. The maximum atomic E-state index is 11.4. The first-order chi connectivity index (χ1) is 12.6. The second-order valence-electron chi connectivity index (χ2n) is 6.30. The summed E-state index contributed by atoms with van der Waals surface area (Å²) in [5, 5.41) is 70.4. The van der Waals surface area contributed by atoms with E-state index in [9.17, 15) is 40.2 Å². The third-order valence-electron chi connectivity index (χ3n) is 4.35. The third kappa shape index (κ3) is 4.53. The number of nitrogens with one attached hydrogen (secondary N) is 1. The highest BCUT2D eigenvalue weighted by Crippen LogP contribution is 2.28. The molecule has 13 nitrogen and oxygen atoms in total. The van der Waals surface area contributed by atoms with Crippen LogP contribution in [-0.4, -0.2) is 116 Å². The number of aliphatic carboxylic acids is 1. The number of ether oxygens (including phenoxy) is 3. The van der Waals surface area contributed by atoms with Crippen LogP contribution >= 0.6 is 0 Å². The van der Waals surface area contributed by atoms with E-state index in [-0.39, 0.29) is 0 Å². The van der Waals surface area contributed by atoms with Crippen LogP contribution < -0.4 is 5.32 Å². The molecule has 156 valence electrons. The van der Waals surface area contributed by atoms with Gasteiger partial charge in [0.05, 0.1) is 6.61 Å². The van der Waals surface area contributed by atoms with Gasteiger partial charge in [0.1, 0.15) is 42.7 Å². The predicted molar refractivity (Wildman–Crippen MR) is 80.8 cm³/mol. The van der Waals surface area contributed by atoms with Gasteiger partial charge in [0.15, 0.2) is 18.7 Å². The lowest BCUT2D eigenvalue weighted by Crippen LogP contribution is -2.67. The normalized spacial score (nSPS) is 45.3. The van der Waals surface area contributed by atoms with Crippen LogP contribution in [0.4, 0.5) is 0 Å². The van der Waals surface area contributed by atoms with Crippen molar-refractivity contribution in [3.8, 4) is 0 Å².